The molecular formula is C25H32Cl2FN5O3. The Bertz CT molecular complexity index is 1250. The van der Waals surface area contributed by atoms with Crippen LogP contribution in [0.15, 0.2) is 35.3 Å². The van der Waals surface area contributed by atoms with Crippen molar-refractivity contribution >= 4 is 35.4 Å². The zero-order valence-corrected chi connectivity index (χ0v) is 22.1. The van der Waals surface area contributed by atoms with Crippen molar-refractivity contribution in [1.29, 1.82) is 0 Å². The van der Waals surface area contributed by atoms with E-state index < -0.39 is 11.4 Å². The predicted molar refractivity (Wildman–Crippen MR) is 141 cm³/mol. The van der Waals surface area contributed by atoms with Gasteiger partial charge in [0.1, 0.15) is 12.1 Å². The molecule has 1 amide bonds. The molecule has 0 aliphatic carbocycles. The van der Waals surface area contributed by atoms with Crippen LogP contribution in [0.2, 0.25) is 5.02 Å². The number of hydrogen-bond acceptors (Lipinski definition) is 5. The van der Waals surface area contributed by atoms with Crippen LogP contribution in [-0.4, -0.2) is 57.3 Å². The fourth-order valence-corrected chi connectivity index (χ4v) is 4.54. The number of likely N-dealkylation sites (tertiary alicyclic amines) is 1. The van der Waals surface area contributed by atoms with Crippen LogP contribution < -0.4 is 15.6 Å². The maximum atomic E-state index is 14.9. The van der Waals surface area contributed by atoms with E-state index in [9.17, 15) is 14.0 Å². The number of piperidine rings is 1. The van der Waals surface area contributed by atoms with Crippen molar-refractivity contribution in [1.82, 2.24) is 24.4 Å². The third-order valence-corrected chi connectivity index (χ3v) is 6.30. The Balaban J connectivity index is 0.00000361. The van der Waals surface area contributed by atoms with Crippen LogP contribution in [0.4, 0.5) is 4.39 Å². The molecule has 1 saturated heterocycles. The minimum Gasteiger partial charge on any atom is -0.477 e. The lowest BCUT2D eigenvalue weighted by atomic mass is 10.1. The van der Waals surface area contributed by atoms with Gasteiger partial charge in [0, 0.05) is 24.2 Å². The van der Waals surface area contributed by atoms with Crippen molar-refractivity contribution in [2.75, 3.05) is 26.2 Å². The van der Waals surface area contributed by atoms with E-state index in [1.807, 2.05) is 13.8 Å². The van der Waals surface area contributed by atoms with E-state index in [-0.39, 0.29) is 52.7 Å². The quantitative estimate of drug-likeness (QED) is 0.413. The van der Waals surface area contributed by atoms with Gasteiger partial charge in [-0.15, -0.1) is 17.5 Å². The number of amides is 1. The van der Waals surface area contributed by atoms with Gasteiger partial charge in [-0.25, -0.2) is 8.91 Å². The zero-order chi connectivity index (χ0) is 24.9. The number of hydrogen-bond donors (Lipinski definition) is 1. The van der Waals surface area contributed by atoms with Crippen molar-refractivity contribution in [2.24, 2.45) is 0 Å². The monoisotopic (exact) mass is 539 g/mol. The summed E-state index contributed by atoms with van der Waals surface area (Å²) >= 11 is 5.99. The number of nitrogens with zero attached hydrogens (tertiary/aromatic N) is 4. The van der Waals surface area contributed by atoms with Gasteiger partial charge in [-0.1, -0.05) is 24.1 Å². The van der Waals surface area contributed by atoms with Crippen LogP contribution in [0, 0.1) is 5.82 Å². The van der Waals surface area contributed by atoms with Crippen LogP contribution in [0.5, 0.6) is 5.88 Å². The van der Waals surface area contributed by atoms with E-state index in [1.165, 1.54) is 46.7 Å². The SMILES string of the molecule is CC(C)NC(=O)Cn1c(-c2cccc(Cl)c2F)cn2nc(OCCCN3CCCCC3)cc2c1=O.Cl. The molecule has 0 atom stereocenters. The fraction of sp³-hybridized carbons (Fsp3) is 0.480. The topological polar surface area (TPSA) is 80.9 Å². The molecular weight excluding hydrogens is 508 g/mol. The molecule has 11 heteroatoms. The molecule has 2 aromatic heterocycles. The summed E-state index contributed by atoms with van der Waals surface area (Å²) in [5.41, 5.74) is 0.0607. The second kappa shape index (κ2) is 12.6. The van der Waals surface area contributed by atoms with E-state index in [1.54, 1.807) is 12.1 Å². The number of benzene rings is 1. The summed E-state index contributed by atoms with van der Waals surface area (Å²) in [5, 5.41) is 7.07. The highest BCUT2D eigenvalue weighted by atomic mass is 35.5. The first-order chi connectivity index (χ1) is 16.8. The zero-order valence-electron chi connectivity index (χ0n) is 20.5. The summed E-state index contributed by atoms with van der Waals surface area (Å²) in [4.78, 5) is 28.3. The summed E-state index contributed by atoms with van der Waals surface area (Å²) in [6.45, 7) is 7.07. The lowest BCUT2D eigenvalue weighted by Crippen LogP contribution is -2.37. The molecule has 36 heavy (non-hydrogen) atoms. The highest BCUT2D eigenvalue weighted by Crippen LogP contribution is 2.27. The first-order valence-corrected chi connectivity index (χ1v) is 12.4. The average Bonchev–Trinajstić information content (AvgIpc) is 3.24. The molecule has 0 unspecified atom stereocenters. The maximum absolute atomic E-state index is 14.9. The number of ether oxygens (including phenoxy) is 1. The van der Waals surface area contributed by atoms with Crippen molar-refractivity contribution in [2.45, 2.75) is 52.1 Å². The number of rotatable bonds is 9. The second-order valence-electron chi connectivity index (χ2n) is 9.15. The summed E-state index contributed by atoms with van der Waals surface area (Å²) in [7, 11) is 0. The van der Waals surface area contributed by atoms with Gasteiger partial charge in [-0.05, 0) is 58.3 Å². The second-order valence-corrected chi connectivity index (χ2v) is 9.55. The van der Waals surface area contributed by atoms with Gasteiger partial charge in [-0.2, -0.15) is 0 Å². The van der Waals surface area contributed by atoms with Crippen LogP contribution in [0.3, 0.4) is 0 Å². The molecule has 4 rings (SSSR count). The Morgan fingerprint density at radius 2 is 2.00 bits per heavy atom. The Labute approximate surface area is 220 Å². The van der Waals surface area contributed by atoms with Gasteiger partial charge in [0.2, 0.25) is 11.8 Å². The van der Waals surface area contributed by atoms with E-state index >= 15 is 0 Å². The molecule has 3 aromatic rings. The minimum absolute atomic E-state index is 0. The third kappa shape index (κ3) is 6.57. The lowest BCUT2D eigenvalue weighted by Gasteiger charge is -2.26. The number of nitrogens with one attached hydrogen (secondary N) is 1. The van der Waals surface area contributed by atoms with Crippen molar-refractivity contribution in [3.05, 3.63) is 51.7 Å². The van der Waals surface area contributed by atoms with Crippen LogP contribution in [0.25, 0.3) is 16.8 Å². The Kier molecular flexibility index (Phi) is 9.76. The summed E-state index contributed by atoms with van der Waals surface area (Å²) < 4.78 is 23.3. The molecule has 196 valence electrons. The highest BCUT2D eigenvalue weighted by molar-refractivity contribution is 6.31. The largest absolute Gasteiger partial charge is 0.477 e. The number of carbonyl (C=O) groups excluding carboxylic acids is 1. The highest BCUT2D eigenvalue weighted by Gasteiger charge is 2.20. The van der Waals surface area contributed by atoms with Crippen LogP contribution in [0.1, 0.15) is 39.5 Å². The molecule has 0 bridgehead atoms. The molecule has 0 spiro atoms. The number of fused-ring (bicyclic) bond motifs is 1. The molecule has 1 aromatic carbocycles. The molecule has 0 saturated carbocycles. The van der Waals surface area contributed by atoms with Crippen LogP contribution in [-0.2, 0) is 11.3 Å². The molecule has 3 heterocycles. The number of carbonyl (C=O) groups is 1. The molecule has 1 N–H and O–H groups in total. The van der Waals surface area contributed by atoms with Crippen molar-refractivity contribution in [3.8, 4) is 17.1 Å². The van der Waals surface area contributed by atoms with Gasteiger partial charge < -0.3 is 15.0 Å². The molecule has 1 aliphatic heterocycles. The van der Waals surface area contributed by atoms with E-state index in [0.29, 0.717) is 12.5 Å². The third-order valence-electron chi connectivity index (χ3n) is 6.01. The van der Waals surface area contributed by atoms with E-state index in [0.717, 1.165) is 26.1 Å². The normalized spacial score (nSPS) is 14.1. The Morgan fingerprint density at radius 3 is 2.72 bits per heavy atom. The number of halogens is 3. The molecule has 1 aliphatic rings. The fourth-order valence-electron chi connectivity index (χ4n) is 4.37. The standard InChI is InChI=1S/C25H31ClFN5O3.ClH/c1-17(2)28-22(33)16-31-21(18-8-6-9-19(26)24(18)27)15-32-20(25(31)34)14-23(29-32)35-13-7-12-30-10-4-3-5-11-30;/h6,8-9,14-15,17H,3-5,7,10-13,16H2,1-2H3,(H,28,33);1H. The van der Waals surface area contributed by atoms with Crippen LogP contribution >= 0.6 is 24.0 Å². The smallest absolute Gasteiger partial charge is 0.277 e. The van der Waals surface area contributed by atoms with Gasteiger partial charge in [-0.3, -0.25) is 14.2 Å². The Morgan fingerprint density at radius 1 is 1.25 bits per heavy atom. The van der Waals surface area contributed by atoms with Gasteiger partial charge in [0.15, 0.2) is 5.82 Å². The summed E-state index contributed by atoms with van der Waals surface area (Å²) in [6.07, 6.45) is 6.15. The van der Waals surface area contributed by atoms with Gasteiger partial charge in [0.05, 0.1) is 23.5 Å². The molecule has 1 fully saturated rings. The predicted octanol–water partition coefficient (Wildman–Crippen LogP) is 4.16. The molecule has 8 nitrogen and oxygen atoms in total. The van der Waals surface area contributed by atoms with Gasteiger partial charge in [0.25, 0.3) is 5.56 Å². The minimum atomic E-state index is -0.674. The first-order valence-electron chi connectivity index (χ1n) is 12.1. The van der Waals surface area contributed by atoms with Crippen molar-refractivity contribution < 1.29 is 13.9 Å². The molecule has 0 radical (unpaired) electrons. The summed E-state index contributed by atoms with van der Waals surface area (Å²) in [6, 6.07) is 5.98. The summed E-state index contributed by atoms with van der Waals surface area (Å²) in [5.74, 6) is -0.723. The first kappa shape index (κ1) is 28.0. The lowest BCUT2D eigenvalue weighted by molar-refractivity contribution is -0.122. The Hall–Kier alpha value is -2.62. The van der Waals surface area contributed by atoms with Crippen molar-refractivity contribution in [3.63, 3.8) is 0 Å². The van der Waals surface area contributed by atoms with Gasteiger partial charge >= 0.3 is 0 Å². The average molecular weight is 540 g/mol. The number of aromatic nitrogens is 3. The maximum Gasteiger partial charge on any atom is 0.277 e. The van der Waals surface area contributed by atoms with E-state index in [2.05, 4.69) is 15.3 Å². The van der Waals surface area contributed by atoms with E-state index in [4.69, 9.17) is 16.3 Å².